The lowest BCUT2D eigenvalue weighted by atomic mass is 10.2. The number of anilines is 1. The molecule has 1 aliphatic heterocycles. The van der Waals surface area contributed by atoms with E-state index in [1.54, 1.807) is 54.6 Å². The molecule has 3 aromatic rings. The van der Waals surface area contributed by atoms with Gasteiger partial charge in [0.15, 0.2) is 0 Å². The summed E-state index contributed by atoms with van der Waals surface area (Å²) in [5.41, 5.74) is 1.27. The van der Waals surface area contributed by atoms with Crippen molar-refractivity contribution in [3.05, 3.63) is 81.1 Å². The Bertz CT molecular complexity index is 1120. The fourth-order valence-electron chi connectivity index (χ4n) is 2.74. The van der Waals surface area contributed by atoms with Crippen LogP contribution in [-0.4, -0.2) is 11.9 Å². The summed E-state index contributed by atoms with van der Waals surface area (Å²) in [7, 11) is 0. The van der Waals surface area contributed by atoms with Gasteiger partial charge in [-0.1, -0.05) is 34.8 Å². The predicted octanol–water partition coefficient (Wildman–Crippen LogP) is 6.00. The molecule has 140 valence electrons. The van der Waals surface area contributed by atoms with Crippen molar-refractivity contribution in [2.24, 2.45) is 0 Å². The second-order valence-corrected chi connectivity index (χ2v) is 7.19. The van der Waals surface area contributed by atoms with E-state index in [0.717, 1.165) is 10.5 Å². The number of hydrogen-bond donors (Lipinski definition) is 1. The first-order chi connectivity index (χ1) is 13.4. The van der Waals surface area contributed by atoms with E-state index in [2.05, 4.69) is 5.32 Å². The molecule has 0 radical (unpaired) electrons. The van der Waals surface area contributed by atoms with Gasteiger partial charge in [-0.15, -0.1) is 0 Å². The fraction of sp³-hybridized carbons (Fsp3) is 0. The molecule has 2 heterocycles. The predicted molar refractivity (Wildman–Crippen MR) is 110 cm³/mol. The summed E-state index contributed by atoms with van der Waals surface area (Å²) in [6, 6.07) is 14.4. The van der Waals surface area contributed by atoms with E-state index in [1.165, 1.54) is 6.08 Å². The van der Waals surface area contributed by atoms with Gasteiger partial charge in [0.1, 0.15) is 17.2 Å². The monoisotopic (exact) mass is 432 g/mol. The molecule has 1 saturated heterocycles. The fourth-order valence-corrected chi connectivity index (χ4v) is 3.16. The molecule has 2 aromatic carbocycles. The molecule has 1 aromatic heterocycles. The maximum atomic E-state index is 12.6. The van der Waals surface area contributed by atoms with Gasteiger partial charge in [-0.25, -0.2) is 9.69 Å². The van der Waals surface area contributed by atoms with Crippen molar-refractivity contribution in [2.75, 3.05) is 4.90 Å². The summed E-state index contributed by atoms with van der Waals surface area (Å²) in [6.45, 7) is 0. The van der Waals surface area contributed by atoms with Crippen LogP contribution in [0.25, 0.3) is 17.4 Å². The number of halogens is 3. The van der Waals surface area contributed by atoms with Gasteiger partial charge in [0.05, 0.1) is 15.7 Å². The number of nitrogens with zero attached hydrogens (tertiary/aromatic N) is 1. The molecule has 1 fully saturated rings. The lowest BCUT2D eigenvalue weighted by Gasteiger charge is -2.11. The number of hydrogen-bond acceptors (Lipinski definition) is 3. The molecule has 5 nitrogen and oxygen atoms in total. The highest BCUT2D eigenvalue weighted by Crippen LogP contribution is 2.30. The average molecular weight is 434 g/mol. The van der Waals surface area contributed by atoms with E-state index in [9.17, 15) is 9.59 Å². The first-order valence-electron chi connectivity index (χ1n) is 8.10. The minimum atomic E-state index is -0.546. The number of carbonyl (C=O) groups is 2. The lowest BCUT2D eigenvalue weighted by Crippen LogP contribution is -2.30. The third-order valence-electron chi connectivity index (χ3n) is 4.08. The van der Waals surface area contributed by atoms with E-state index in [-0.39, 0.29) is 5.70 Å². The van der Waals surface area contributed by atoms with Crippen molar-refractivity contribution >= 4 is 58.5 Å². The van der Waals surface area contributed by atoms with Crippen molar-refractivity contribution in [3.8, 4) is 11.3 Å². The quantitative estimate of drug-likeness (QED) is 0.407. The zero-order chi connectivity index (χ0) is 19.8. The Labute approximate surface area is 175 Å². The Morgan fingerprint density at radius 3 is 2.36 bits per heavy atom. The number of urea groups is 1. The molecule has 1 aliphatic rings. The van der Waals surface area contributed by atoms with Crippen molar-refractivity contribution < 1.29 is 14.0 Å². The van der Waals surface area contributed by atoms with Gasteiger partial charge in [-0.2, -0.15) is 0 Å². The molecular formula is C20H11Cl3N2O3. The first-order valence-corrected chi connectivity index (χ1v) is 9.24. The maximum absolute atomic E-state index is 12.6. The van der Waals surface area contributed by atoms with Crippen LogP contribution < -0.4 is 10.2 Å². The lowest BCUT2D eigenvalue weighted by molar-refractivity contribution is -0.113. The summed E-state index contributed by atoms with van der Waals surface area (Å²) in [5, 5.41) is 3.91. The Hall–Kier alpha value is -2.73. The van der Waals surface area contributed by atoms with Crippen LogP contribution in [0.2, 0.25) is 15.1 Å². The number of rotatable bonds is 3. The third-order valence-corrected chi connectivity index (χ3v) is 5.07. The van der Waals surface area contributed by atoms with E-state index < -0.39 is 11.9 Å². The zero-order valence-corrected chi connectivity index (χ0v) is 16.3. The Kier molecular flexibility index (Phi) is 4.89. The van der Waals surface area contributed by atoms with Crippen molar-refractivity contribution in [1.29, 1.82) is 0 Å². The van der Waals surface area contributed by atoms with Gasteiger partial charge in [0.25, 0.3) is 5.91 Å². The van der Waals surface area contributed by atoms with Crippen LogP contribution in [-0.2, 0) is 4.79 Å². The summed E-state index contributed by atoms with van der Waals surface area (Å²) >= 11 is 17.8. The highest BCUT2D eigenvalue weighted by atomic mass is 35.5. The minimum Gasteiger partial charge on any atom is -0.457 e. The number of furan rings is 1. The molecule has 0 atom stereocenters. The molecular weight excluding hydrogens is 423 g/mol. The molecule has 0 spiro atoms. The molecule has 0 bridgehead atoms. The highest BCUT2D eigenvalue weighted by molar-refractivity contribution is 6.42. The normalized spacial score (nSPS) is 15.4. The van der Waals surface area contributed by atoms with Gasteiger partial charge in [0.2, 0.25) is 0 Å². The standard InChI is InChI=1S/C20H11Cl3N2O3/c21-12-2-4-13(5-3-12)25-19(26)17(24-20(25)27)10-14-6-8-18(28-14)11-1-7-15(22)16(23)9-11/h1-10H,(H,24,27)/b17-10-. The van der Waals surface area contributed by atoms with Crippen LogP contribution >= 0.6 is 34.8 Å². The first kappa shape index (κ1) is 18.6. The molecule has 1 N–H and O–H groups in total. The van der Waals surface area contributed by atoms with Gasteiger partial charge in [0, 0.05) is 16.7 Å². The summed E-state index contributed by atoms with van der Waals surface area (Å²) in [6.07, 6.45) is 1.47. The SMILES string of the molecule is O=C1N/C(=C\c2ccc(-c3ccc(Cl)c(Cl)c3)o2)C(=O)N1c1ccc(Cl)cc1. The minimum absolute atomic E-state index is 0.106. The van der Waals surface area contributed by atoms with E-state index in [0.29, 0.717) is 32.3 Å². The molecule has 3 amide bonds. The number of carbonyl (C=O) groups excluding carboxylic acids is 2. The van der Waals surface area contributed by atoms with Crippen LogP contribution in [0.15, 0.2) is 64.7 Å². The smallest absolute Gasteiger partial charge is 0.333 e. The Balaban J connectivity index is 1.60. The molecule has 28 heavy (non-hydrogen) atoms. The molecule has 8 heteroatoms. The Morgan fingerprint density at radius 1 is 0.893 bits per heavy atom. The summed E-state index contributed by atoms with van der Waals surface area (Å²) in [5.74, 6) is 0.472. The number of imide groups is 1. The van der Waals surface area contributed by atoms with Crippen molar-refractivity contribution in [3.63, 3.8) is 0 Å². The molecule has 0 saturated carbocycles. The number of amides is 3. The Morgan fingerprint density at radius 2 is 1.64 bits per heavy atom. The van der Waals surface area contributed by atoms with Gasteiger partial charge < -0.3 is 9.73 Å². The van der Waals surface area contributed by atoms with Crippen LogP contribution in [0.3, 0.4) is 0 Å². The largest absolute Gasteiger partial charge is 0.457 e. The van der Waals surface area contributed by atoms with Gasteiger partial charge in [-0.3, -0.25) is 4.79 Å². The third kappa shape index (κ3) is 3.52. The zero-order valence-electron chi connectivity index (χ0n) is 14.1. The molecule has 0 aliphatic carbocycles. The summed E-state index contributed by atoms with van der Waals surface area (Å²) < 4.78 is 5.75. The van der Waals surface area contributed by atoms with Crippen molar-refractivity contribution in [2.45, 2.75) is 0 Å². The van der Waals surface area contributed by atoms with E-state index in [1.807, 2.05) is 0 Å². The van der Waals surface area contributed by atoms with Crippen LogP contribution in [0, 0.1) is 0 Å². The van der Waals surface area contributed by atoms with E-state index >= 15 is 0 Å². The topological polar surface area (TPSA) is 62.6 Å². The molecule has 0 unspecified atom stereocenters. The molecule has 4 rings (SSSR count). The summed E-state index contributed by atoms with van der Waals surface area (Å²) in [4.78, 5) is 25.9. The highest BCUT2D eigenvalue weighted by Gasteiger charge is 2.35. The number of benzene rings is 2. The van der Waals surface area contributed by atoms with Gasteiger partial charge >= 0.3 is 6.03 Å². The number of nitrogens with one attached hydrogen (secondary N) is 1. The second kappa shape index (κ2) is 7.36. The van der Waals surface area contributed by atoms with Crippen molar-refractivity contribution in [1.82, 2.24) is 5.32 Å². The van der Waals surface area contributed by atoms with Crippen LogP contribution in [0.5, 0.6) is 0 Å². The van der Waals surface area contributed by atoms with Gasteiger partial charge in [-0.05, 0) is 54.6 Å². The van der Waals surface area contributed by atoms with E-state index in [4.69, 9.17) is 39.2 Å². The van der Waals surface area contributed by atoms with Crippen LogP contribution in [0.1, 0.15) is 5.76 Å². The second-order valence-electron chi connectivity index (χ2n) is 5.94. The van der Waals surface area contributed by atoms with Crippen LogP contribution in [0.4, 0.5) is 10.5 Å². The average Bonchev–Trinajstić information content (AvgIpc) is 3.24. The maximum Gasteiger partial charge on any atom is 0.333 e.